The Labute approximate surface area is 121 Å². The predicted octanol–water partition coefficient (Wildman–Crippen LogP) is 5.48. The summed E-state index contributed by atoms with van der Waals surface area (Å²) in [6.45, 7) is 2.86. The molecule has 1 N–H and O–H groups in total. The van der Waals surface area contributed by atoms with Gasteiger partial charge in [-0.2, -0.15) is 0 Å². The molecule has 1 aromatic heterocycles. The SMILES string of the molecule is Cc1ccc(NCc2sc3ccccc3c2Cl)cc1. The highest BCUT2D eigenvalue weighted by atomic mass is 35.5. The number of hydrogen-bond donors (Lipinski definition) is 1. The topological polar surface area (TPSA) is 12.0 Å². The lowest BCUT2D eigenvalue weighted by Crippen LogP contribution is -1.97. The molecule has 19 heavy (non-hydrogen) atoms. The summed E-state index contributed by atoms with van der Waals surface area (Å²) in [6.07, 6.45) is 0. The van der Waals surface area contributed by atoms with Crippen LogP contribution in [0.1, 0.15) is 10.4 Å². The van der Waals surface area contributed by atoms with Crippen molar-refractivity contribution >= 4 is 38.7 Å². The average molecular weight is 288 g/mol. The van der Waals surface area contributed by atoms with Gasteiger partial charge in [-0.1, -0.05) is 47.5 Å². The van der Waals surface area contributed by atoms with E-state index >= 15 is 0 Å². The summed E-state index contributed by atoms with van der Waals surface area (Å²) in [5.41, 5.74) is 2.39. The normalized spacial score (nSPS) is 10.8. The van der Waals surface area contributed by atoms with Gasteiger partial charge in [0.05, 0.1) is 11.6 Å². The van der Waals surface area contributed by atoms with E-state index in [1.807, 2.05) is 12.1 Å². The summed E-state index contributed by atoms with van der Waals surface area (Å²) in [5.74, 6) is 0. The second-order valence-corrected chi connectivity index (χ2v) is 6.07. The number of nitrogens with one attached hydrogen (secondary N) is 1. The van der Waals surface area contributed by atoms with Gasteiger partial charge < -0.3 is 5.32 Å². The van der Waals surface area contributed by atoms with E-state index in [2.05, 4.69) is 48.6 Å². The maximum Gasteiger partial charge on any atom is 0.0642 e. The summed E-state index contributed by atoms with van der Waals surface area (Å²) in [7, 11) is 0. The number of thiophene rings is 1. The van der Waals surface area contributed by atoms with E-state index < -0.39 is 0 Å². The van der Waals surface area contributed by atoms with Gasteiger partial charge in [-0.3, -0.25) is 0 Å². The lowest BCUT2D eigenvalue weighted by molar-refractivity contribution is 1.19. The molecule has 3 aromatic rings. The molecule has 2 aromatic carbocycles. The molecule has 0 aliphatic rings. The summed E-state index contributed by atoms with van der Waals surface area (Å²) in [4.78, 5) is 1.18. The zero-order valence-corrected chi connectivity index (χ0v) is 12.2. The quantitative estimate of drug-likeness (QED) is 0.673. The Hall–Kier alpha value is -1.51. The molecule has 0 saturated carbocycles. The first-order chi connectivity index (χ1) is 9.24. The highest BCUT2D eigenvalue weighted by Gasteiger charge is 2.09. The molecule has 0 saturated heterocycles. The van der Waals surface area contributed by atoms with Crippen LogP contribution < -0.4 is 5.32 Å². The molecule has 0 aliphatic carbocycles. The molecule has 3 heteroatoms. The van der Waals surface area contributed by atoms with Crippen LogP contribution in [0.2, 0.25) is 5.02 Å². The largest absolute Gasteiger partial charge is 0.380 e. The summed E-state index contributed by atoms with van der Waals surface area (Å²) >= 11 is 8.17. The molecule has 1 heterocycles. The van der Waals surface area contributed by atoms with Gasteiger partial charge in [-0.15, -0.1) is 11.3 Å². The third-order valence-electron chi connectivity index (χ3n) is 3.11. The zero-order chi connectivity index (χ0) is 13.2. The van der Waals surface area contributed by atoms with Crippen LogP contribution in [0.25, 0.3) is 10.1 Å². The van der Waals surface area contributed by atoms with Crippen LogP contribution in [0.3, 0.4) is 0 Å². The maximum absolute atomic E-state index is 6.42. The Bertz CT molecular complexity index is 700. The van der Waals surface area contributed by atoms with Gasteiger partial charge in [0.2, 0.25) is 0 Å². The maximum atomic E-state index is 6.42. The van der Waals surface area contributed by atoms with Crippen molar-refractivity contribution in [3.63, 3.8) is 0 Å². The third kappa shape index (κ3) is 2.60. The van der Waals surface area contributed by atoms with E-state index in [0.717, 1.165) is 22.6 Å². The second-order valence-electron chi connectivity index (χ2n) is 4.55. The monoisotopic (exact) mass is 287 g/mol. The molecule has 0 aliphatic heterocycles. The van der Waals surface area contributed by atoms with E-state index in [-0.39, 0.29) is 0 Å². The summed E-state index contributed by atoms with van der Waals surface area (Å²) < 4.78 is 1.24. The fraction of sp³-hybridized carbons (Fsp3) is 0.125. The van der Waals surface area contributed by atoms with E-state index in [0.29, 0.717) is 0 Å². The molecule has 0 atom stereocenters. The van der Waals surface area contributed by atoms with Crippen molar-refractivity contribution in [2.24, 2.45) is 0 Å². The fourth-order valence-electron chi connectivity index (χ4n) is 2.03. The number of anilines is 1. The third-order valence-corrected chi connectivity index (χ3v) is 4.82. The van der Waals surface area contributed by atoms with Gasteiger partial charge in [-0.05, 0) is 25.1 Å². The van der Waals surface area contributed by atoms with Crippen LogP contribution >= 0.6 is 22.9 Å². The van der Waals surface area contributed by atoms with Gasteiger partial charge in [0, 0.05) is 20.7 Å². The minimum atomic E-state index is 0.765. The van der Waals surface area contributed by atoms with Crippen molar-refractivity contribution in [2.75, 3.05) is 5.32 Å². The molecule has 0 unspecified atom stereocenters. The number of rotatable bonds is 3. The number of hydrogen-bond acceptors (Lipinski definition) is 2. The summed E-state index contributed by atoms with van der Waals surface area (Å²) in [6, 6.07) is 16.7. The van der Waals surface area contributed by atoms with Crippen LogP contribution in [0, 0.1) is 6.92 Å². The highest BCUT2D eigenvalue weighted by Crippen LogP contribution is 2.35. The Morgan fingerprint density at radius 2 is 1.79 bits per heavy atom. The van der Waals surface area contributed by atoms with Crippen LogP contribution in [0.15, 0.2) is 48.5 Å². The van der Waals surface area contributed by atoms with Crippen molar-refractivity contribution in [3.8, 4) is 0 Å². The number of halogens is 1. The lowest BCUT2D eigenvalue weighted by Gasteiger charge is -2.05. The van der Waals surface area contributed by atoms with Gasteiger partial charge in [0.15, 0.2) is 0 Å². The first-order valence-corrected chi connectivity index (χ1v) is 7.40. The molecule has 0 fully saturated rings. The Kier molecular flexibility index (Phi) is 3.45. The zero-order valence-electron chi connectivity index (χ0n) is 10.6. The van der Waals surface area contributed by atoms with Crippen LogP contribution in [-0.4, -0.2) is 0 Å². The second kappa shape index (κ2) is 5.24. The van der Waals surface area contributed by atoms with E-state index in [1.165, 1.54) is 15.1 Å². The van der Waals surface area contributed by atoms with Crippen molar-refractivity contribution in [2.45, 2.75) is 13.5 Å². The standard InChI is InChI=1S/C16H14ClNS/c1-11-6-8-12(9-7-11)18-10-15-16(17)13-4-2-3-5-14(13)19-15/h2-9,18H,10H2,1H3. The first kappa shape index (κ1) is 12.5. The van der Waals surface area contributed by atoms with Crippen LogP contribution in [0.5, 0.6) is 0 Å². The highest BCUT2D eigenvalue weighted by molar-refractivity contribution is 7.19. The number of fused-ring (bicyclic) bond motifs is 1. The average Bonchev–Trinajstić information content (AvgIpc) is 2.76. The van der Waals surface area contributed by atoms with Gasteiger partial charge in [0.1, 0.15) is 0 Å². The van der Waals surface area contributed by atoms with E-state index in [1.54, 1.807) is 11.3 Å². The molecular formula is C16H14ClNS. The minimum absolute atomic E-state index is 0.765. The van der Waals surface area contributed by atoms with Gasteiger partial charge >= 0.3 is 0 Å². The molecule has 96 valence electrons. The van der Waals surface area contributed by atoms with Crippen molar-refractivity contribution in [1.82, 2.24) is 0 Å². The van der Waals surface area contributed by atoms with Gasteiger partial charge in [-0.25, -0.2) is 0 Å². The molecule has 0 bridgehead atoms. The summed E-state index contributed by atoms with van der Waals surface area (Å²) in [5, 5.41) is 5.44. The van der Waals surface area contributed by atoms with Crippen LogP contribution in [0.4, 0.5) is 5.69 Å². The van der Waals surface area contributed by atoms with Gasteiger partial charge in [0.25, 0.3) is 0 Å². The predicted molar refractivity (Wildman–Crippen MR) is 85.3 cm³/mol. The van der Waals surface area contributed by atoms with Crippen molar-refractivity contribution in [1.29, 1.82) is 0 Å². The molecule has 0 spiro atoms. The Morgan fingerprint density at radius 3 is 2.53 bits per heavy atom. The Morgan fingerprint density at radius 1 is 1.05 bits per heavy atom. The number of benzene rings is 2. The molecule has 0 amide bonds. The lowest BCUT2D eigenvalue weighted by atomic mass is 10.2. The van der Waals surface area contributed by atoms with Crippen LogP contribution in [-0.2, 0) is 6.54 Å². The smallest absolute Gasteiger partial charge is 0.0642 e. The Balaban J connectivity index is 1.82. The minimum Gasteiger partial charge on any atom is -0.380 e. The van der Waals surface area contributed by atoms with E-state index in [9.17, 15) is 0 Å². The van der Waals surface area contributed by atoms with E-state index in [4.69, 9.17) is 11.6 Å². The van der Waals surface area contributed by atoms with Crippen molar-refractivity contribution in [3.05, 3.63) is 64.0 Å². The fourth-order valence-corrected chi connectivity index (χ4v) is 3.47. The molecule has 3 rings (SSSR count). The first-order valence-electron chi connectivity index (χ1n) is 6.20. The van der Waals surface area contributed by atoms with Crippen molar-refractivity contribution < 1.29 is 0 Å². The molecular weight excluding hydrogens is 274 g/mol. The molecule has 1 nitrogen and oxygen atoms in total. The molecule has 0 radical (unpaired) electrons. The number of aryl methyl sites for hydroxylation is 1.